The number of morpholine rings is 1. The van der Waals surface area contributed by atoms with E-state index in [4.69, 9.17) is 9.47 Å². The average molecular weight is 283 g/mol. The molecule has 0 aromatic carbocycles. The van der Waals surface area contributed by atoms with Crippen molar-refractivity contribution in [1.82, 2.24) is 25.1 Å². The van der Waals surface area contributed by atoms with Gasteiger partial charge < -0.3 is 9.47 Å². The predicted octanol–water partition coefficient (Wildman–Crippen LogP) is 0.880. The Hall–Kier alpha value is -1.05. The Morgan fingerprint density at radius 1 is 1.35 bits per heavy atom. The Kier molecular flexibility index (Phi) is 5.45. The molecule has 0 radical (unpaired) electrons. The van der Waals surface area contributed by atoms with Crippen LogP contribution in [-0.4, -0.2) is 63.6 Å². The van der Waals surface area contributed by atoms with E-state index in [2.05, 4.69) is 34.3 Å². The van der Waals surface area contributed by atoms with Crippen molar-refractivity contribution in [2.45, 2.75) is 52.5 Å². The first kappa shape index (κ1) is 15.3. The second-order valence-electron chi connectivity index (χ2n) is 5.74. The summed E-state index contributed by atoms with van der Waals surface area (Å²) in [5, 5.41) is 11.9. The van der Waals surface area contributed by atoms with E-state index in [1.807, 2.05) is 18.5 Å². The molecule has 7 heteroatoms. The lowest BCUT2D eigenvalue weighted by Crippen LogP contribution is -2.44. The van der Waals surface area contributed by atoms with Crippen molar-refractivity contribution < 1.29 is 9.47 Å². The molecule has 1 unspecified atom stereocenters. The zero-order chi connectivity index (χ0) is 14.5. The summed E-state index contributed by atoms with van der Waals surface area (Å²) in [5.74, 6) is 0.908. The molecule has 114 valence electrons. The monoisotopic (exact) mass is 283 g/mol. The Balaban J connectivity index is 1.87. The summed E-state index contributed by atoms with van der Waals surface area (Å²) in [6, 6.07) is 0.279. The maximum atomic E-state index is 5.73. The first-order chi connectivity index (χ1) is 9.56. The molecule has 2 heterocycles. The van der Waals surface area contributed by atoms with Crippen molar-refractivity contribution in [1.29, 1.82) is 0 Å². The van der Waals surface area contributed by atoms with Gasteiger partial charge in [-0.1, -0.05) is 0 Å². The van der Waals surface area contributed by atoms with Crippen LogP contribution in [0.15, 0.2) is 0 Å². The van der Waals surface area contributed by atoms with Gasteiger partial charge in [-0.25, -0.2) is 4.68 Å². The average Bonchev–Trinajstić information content (AvgIpc) is 2.85. The van der Waals surface area contributed by atoms with E-state index in [-0.39, 0.29) is 18.2 Å². The number of hydrogen-bond acceptors (Lipinski definition) is 6. The number of nitrogens with zero attached hydrogens (tertiary/aromatic N) is 5. The highest BCUT2D eigenvalue weighted by molar-refractivity contribution is 4.85. The van der Waals surface area contributed by atoms with Gasteiger partial charge in [0, 0.05) is 13.1 Å². The van der Waals surface area contributed by atoms with Crippen molar-refractivity contribution in [3.63, 3.8) is 0 Å². The van der Waals surface area contributed by atoms with Gasteiger partial charge in [-0.05, 0) is 38.1 Å². The molecule has 1 fully saturated rings. The third kappa shape index (κ3) is 4.22. The van der Waals surface area contributed by atoms with Crippen molar-refractivity contribution in [3.05, 3.63) is 5.82 Å². The lowest BCUT2D eigenvalue weighted by atomic mass is 10.2. The predicted molar refractivity (Wildman–Crippen MR) is 74.3 cm³/mol. The number of ether oxygens (including phenoxy) is 2. The molecule has 1 atom stereocenters. The fraction of sp³-hybridized carbons (Fsp3) is 0.923. The molecule has 1 aromatic rings. The van der Waals surface area contributed by atoms with E-state index in [9.17, 15) is 0 Å². The number of tetrazole rings is 1. The maximum Gasteiger partial charge on any atom is 0.165 e. The van der Waals surface area contributed by atoms with Gasteiger partial charge in [0.05, 0.1) is 38.0 Å². The van der Waals surface area contributed by atoms with Gasteiger partial charge >= 0.3 is 0 Å². The molecule has 1 aromatic heterocycles. The van der Waals surface area contributed by atoms with Crippen LogP contribution in [0.4, 0.5) is 0 Å². The van der Waals surface area contributed by atoms with Crippen LogP contribution in [0.3, 0.4) is 0 Å². The summed E-state index contributed by atoms with van der Waals surface area (Å²) in [5.41, 5.74) is 0. The van der Waals surface area contributed by atoms with Crippen molar-refractivity contribution in [3.8, 4) is 0 Å². The fourth-order valence-electron chi connectivity index (χ4n) is 2.24. The van der Waals surface area contributed by atoms with Crippen LogP contribution in [0.1, 0.15) is 39.6 Å². The van der Waals surface area contributed by atoms with Crippen LogP contribution in [0.5, 0.6) is 0 Å². The highest BCUT2D eigenvalue weighted by atomic mass is 16.5. The largest absolute Gasteiger partial charge is 0.376 e. The van der Waals surface area contributed by atoms with Gasteiger partial charge in [0.2, 0.25) is 0 Å². The summed E-state index contributed by atoms with van der Waals surface area (Å²) < 4.78 is 13.2. The van der Waals surface area contributed by atoms with Crippen LogP contribution in [0.2, 0.25) is 0 Å². The van der Waals surface area contributed by atoms with Crippen molar-refractivity contribution in [2.75, 3.05) is 26.3 Å². The third-order valence-electron chi connectivity index (χ3n) is 3.25. The zero-order valence-electron chi connectivity index (χ0n) is 12.8. The molecule has 0 amide bonds. The molecule has 20 heavy (non-hydrogen) atoms. The standard InChI is InChI=1S/C13H25N5O2/c1-10(2)18-13(14-15-16-18)8-17-5-6-19-12(7-17)9-20-11(3)4/h10-12H,5-9H2,1-4H3. The minimum absolute atomic E-state index is 0.134. The van der Waals surface area contributed by atoms with Gasteiger partial charge in [0.15, 0.2) is 5.82 Å². The van der Waals surface area contributed by atoms with E-state index in [0.717, 1.165) is 32.1 Å². The van der Waals surface area contributed by atoms with Crippen molar-refractivity contribution >= 4 is 0 Å². The van der Waals surface area contributed by atoms with Gasteiger partial charge in [0.25, 0.3) is 0 Å². The summed E-state index contributed by atoms with van der Waals surface area (Å²) in [6.45, 7) is 12.1. The molecular formula is C13H25N5O2. The molecule has 0 saturated carbocycles. The number of rotatable bonds is 6. The zero-order valence-corrected chi connectivity index (χ0v) is 12.8. The first-order valence-corrected chi connectivity index (χ1v) is 7.28. The minimum atomic E-state index is 0.134. The third-order valence-corrected chi connectivity index (χ3v) is 3.25. The van der Waals surface area contributed by atoms with Crippen LogP contribution < -0.4 is 0 Å². The topological polar surface area (TPSA) is 65.3 Å². The van der Waals surface area contributed by atoms with Gasteiger partial charge in [-0.3, -0.25) is 4.90 Å². The molecule has 0 spiro atoms. The second kappa shape index (κ2) is 7.10. The summed E-state index contributed by atoms with van der Waals surface area (Å²) in [7, 11) is 0. The highest BCUT2D eigenvalue weighted by Crippen LogP contribution is 2.12. The number of hydrogen-bond donors (Lipinski definition) is 0. The first-order valence-electron chi connectivity index (χ1n) is 7.28. The molecule has 0 aliphatic carbocycles. The molecular weight excluding hydrogens is 258 g/mol. The summed E-state index contributed by atoms with van der Waals surface area (Å²) >= 11 is 0. The molecule has 7 nitrogen and oxygen atoms in total. The highest BCUT2D eigenvalue weighted by Gasteiger charge is 2.23. The van der Waals surface area contributed by atoms with E-state index >= 15 is 0 Å². The molecule has 2 rings (SSSR count). The molecule has 1 aliphatic heterocycles. The van der Waals surface area contributed by atoms with E-state index in [0.29, 0.717) is 6.61 Å². The smallest absolute Gasteiger partial charge is 0.165 e. The summed E-state index contributed by atoms with van der Waals surface area (Å²) in [6.07, 6.45) is 0.372. The van der Waals surface area contributed by atoms with Crippen LogP contribution in [0, 0.1) is 0 Å². The van der Waals surface area contributed by atoms with Gasteiger partial charge in [0.1, 0.15) is 0 Å². The van der Waals surface area contributed by atoms with Crippen LogP contribution in [-0.2, 0) is 16.0 Å². The minimum Gasteiger partial charge on any atom is -0.376 e. The van der Waals surface area contributed by atoms with E-state index in [1.54, 1.807) is 0 Å². The SMILES string of the molecule is CC(C)OCC1CN(Cc2nnnn2C(C)C)CCO1. The Labute approximate surface area is 120 Å². The molecule has 0 N–H and O–H groups in total. The quantitative estimate of drug-likeness (QED) is 0.772. The molecule has 1 aliphatic rings. The van der Waals surface area contributed by atoms with Crippen LogP contribution >= 0.6 is 0 Å². The Morgan fingerprint density at radius 3 is 2.85 bits per heavy atom. The number of aromatic nitrogens is 4. The Morgan fingerprint density at radius 2 is 2.15 bits per heavy atom. The molecule has 1 saturated heterocycles. The fourth-order valence-corrected chi connectivity index (χ4v) is 2.24. The van der Waals surface area contributed by atoms with Gasteiger partial charge in [-0.15, -0.1) is 5.10 Å². The van der Waals surface area contributed by atoms with Crippen LogP contribution in [0.25, 0.3) is 0 Å². The lowest BCUT2D eigenvalue weighted by molar-refractivity contribution is -0.0820. The second-order valence-corrected chi connectivity index (χ2v) is 5.74. The normalized spacial score (nSPS) is 21.0. The van der Waals surface area contributed by atoms with Crippen molar-refractivity contribution in [2.24, 2.45) is 0 Å². The molecule has 0 bridgehead atoms. The summed E-state index contributed by atoms with van der Waals surface area (Å²) in [4.78, 5) is 2.32. The maximum absolute atomic E-state index is 5.73. The van der Waals surface area contributed by atoms with E-state index in [1.165, 1.54) is 0 Å². The van der Waals surface area contributed by atoms with E-state index < -0.39 is 0 Å². The Bertz CT molecular complexity index is 407. The lowest BCUT2D eigenvalue weighted by Gasteiger charge is -2.32. The van der Waals surface area contributed by atoms with Gasteiger partial charge in [-0.2, -0.15) is 0 Å².